The number of hydrogen-bond donors (Lipinski definition) is 0. The second-order valence-corrected chi connectivity index (χ2v) is 10.9. The number of carbonyl (C=O) groups excluding carboxylic acids is 2. The largest absolute Gasteiger partial charge is 0.474 e. The van der Waals surface area contributed by atoms with E-state index in [4.69, 9.17) is 19.2 Å². The molecule has 0 bridgehead atoms. The molecule has 1 saturated heterocycles. The zero-order valence-corrected chi connectivity index (χ0v) is 21.1. The van der Waals surface area contributed by atoms with Gasteiger partial charge in [-0.25, -0.2) is 14.6 Å². The third-order valence-electron chi connectivity index (χ3n) is 5.24. The molecule has 0 aromatic carbocycles. The van der Waals surface area contributed by atoms with Crippen molar-refractivity contribution in [1.82, 2.24) is 14.5 Å². The minimum atomic E-state index is -0.587. The molecule has 33 heavy (non-hydrogen) atoms. The fourth-order valence-corrected chi connectivity index (χ4v) is 3.71. The number of piperidine rings is 1. The molecule has 0 spiro atoms. The van der Waals surface area contributed by atoms with Crippen molar-refractivity contribution in [2.24, 2.45) is 0 Å². The van der Waals surface area contributed by atoms with Crippen LogP contribution in [0.4, 0.5) is 9.59 Å². The highest BCUT2D eigenvalue weighted by atomic mass is 16.6. The Kier molecular flexibility index (Phi) is 6.96. The van der Waals surface area contributed by atoms with Crippen LogP contribution in [0.15, 0.2) is 18.3 Å². The molecule has 1 aliphatic heterocycles. The zero-order chi connectivity index (χ0) is 24.6. The quantitative estimate of drug-likeness (QED) is 0.584. The Morgan fingerprint density at radius 3 is 2.09 bits per heavy atom. The third kappa shape index (κ3) is 6.39. The van der Waals surface area contributed by atoms with E-state index in [1.807, 2.05) is 47.6 Å². The molecule has 0 radical (unpaired) electrons. The van der Waals surface area contributed by atoms with Crippen LogP contribution in [0, 0.1) is 0 Å². The van der Waals surface area contributed by atoms with Crippen molar-refractivity contribution < 1.29 is 23.8 Å². The van der Waals surface area contributed by atoms with E-state index in [0.717, 1.165) is 11.1 Å². The number of ether oxygens (including phenoxy) is 3. The van der Waals surface area contributed by atoms with Crippen molar-refractivity contribution in [3.05, 3.63) is 23.9 Å². The standard InChI is InChI=1S/C25H37N3O5/c1-16(2)18-15-28(23(30)33-25(6,7)8)19-9-10-20(26-21(18)19)31-17-11-13-27(14-12-17)22(29)32-24(3,4)5/h9-10,15-17H,11-14H2,1-8H3. The molecule has 3 rings (SSSR count). The average Bonchev–Trinajstić information content (AvgIpc) is 3.05. The van der Waals surface area contributed by atoms with Crippen LogP contribution in [0.1, 0.15) is 79.7 Å². The second kappa shape index (κ2) is 9.23. The molecule has 1 fully saturated rings. The van der Waals surface area contributed by atoms with Gasteiger partial charge in [-0.05, 0) is 59.1 Å². The molecule has 0 unspecified atom stereocenters. The normalized spacial score (nSPS) is 15.7. The van der Waals surface area contributed by atoms with Gasteiger partial charge in [-0.2, -0.15) is 0 Å². The molecule has 0 atom stereocenters. The molecule has 3 heterocycles. The number of nitrogens with zero attached hydrogens (tertiary/aromatic N) is 3. The summed E-state index contributed by atoms with van der Waals surface area (Å²) >= 11 is 0. The number of rotatable bonds is 3. The van der Waals surface area contributed by atoms with Gasteiger partial charge in [0.25, 0.3) is 0 Å². The van der Waals surface area contributed by atoms with Crippen molar-refractivity contribution >= 4 is 23.2 Å². The van der Waals surface area contributed by atoms with Gasteiger partial charge in [0.1, 0.15) is 17.3 Å². The maximum atomic E-state index is 12.7. The van der Waals surface area contributed by atoms with E-state index >= 15 is 0 Å². The minimum Gasteiger partial charge on any atom is -0.474 e. The van der Waals surface area contributed by atoms with Gasteiger partial charge in [0.05, 0.1) is 11.0 Å². The highest BCUT2D eigenvalue weighted by Crippen LogP contribution is 2.30. The van der Waals surface area contributed by atoms with E-state index in [1.54, 1.807) is 17.2 Å². The first kappa shape index (κ1) is 24.9. The summed E-state index contributed by atoms with van der Waals surface area (Å²) in [4.78, 5) is 31.5. The van der Waals surface area contributed by atoms with Crippen LogP contribution in [0.25, 0.3) is 11.0 Å². The molecular formula is C25H37N3O5. The zero-order valence-electron chi connectivity index (χ0n) is 21.1. The fourth-order valence-electron chi connectivity index (χ4n) is 3.71. The molecule has 1 amide bonds. The summed E-state index contributed by atoms with van der Waals surface area (Å²) in [6.45, 7) is 16.4. The molecule has 0 N–H and O–H groups in total. The Balaban J connectivity index is 1.73. The predicted molar refractivity (Wildman–Crippen MR) is 127 cm³/mol. The lowest BCUT2D eigenvalue weighted by Crippen LogP contribution is -2.44. The summed E-state index contributed by atoms with van der Waals surface area (Å²) in [6, 6.07) is 3.64. The van der Waals surface area contributed by atoms with E-state index < -0.39 is 17.3 Å². The summed E-state index contributed by atoms with van der Waals surface area (Å²) in [6.07, 6.45) is 2.46. The van der Waals surface area contributed by atoms with Gasteiger partial charge in [-0.3, -0.25) is 4.57 Å². The highest BCUT2D eigenvalue weighted by molar-refractivity contribution is 5.90. The maximum Gasteiger partial charge on any atom is 0.419 e. The molecule has 182 valence electrons. The first-order valence-corrected chi connectivity index (χ1v) is 11.6. The van der Waals surface area contributed by atoms with Crippen LogP contribution in [0.5, 0.6) is 5.88 Å². The molecule has 2 aromatic heterocycles. The van der Waals surface area contributed by atoms with Gasteiger partial charge in [-0.1, -0.05) is 13.8 Å². The lowest BCUT2D eigenvalue weighted by molar-refractivity contribution is 0.0123. The lowest BCUT2D eigenvalue weighted by Gasteiger charge is -2.33. The minimum absolute atomic E-state index is 0.0379. The van der Waals surface area contributed by atoms with E-state index in [-0.39, 0.29) is 18.1 Å². The number of pyridine rings is 1. The maximum absolute atomic E-state index is 12.7. The molecule has 2 aromatic rings. The van der Waals surface area contributed by atoms with Gasteiger partial charge in [0.15, 0.2) is 0 Å². The summed E-state index contributed by atoms with van der Waals surface area (Å²) in [7, 11) is 0. The number of hydrogen-bond acceptors (Lipinski definition) is 6. The van der Waals surface area contributed by atoms with Gasteiger partial charge in [0.2, 0.25) is 5.88 Å². The van der Waals surface area contributed by atoms with Crippen LogP contribution in [0.3, 0.4) is 0 Å². The van der Waals surface area contributed by atoms with Crippen molar-refractivity contribution in [2.45, 2.75) is 91.5 Å². The fraction of sp³-hybridized carbons (Fsp3) is 0.640. The first-order chi connectivity index (χ1) is 15.2. The SMILES string of the molecule is CC(C)c1cn(C(=O)OC(C)(C)C)c2ccc(OC3CCN(C(=O)OC(C)(C)C)CC3)nc12. The molecule has 8 nitrogen and oxygen atoms in total. The molecule has 0 saturated carbocycles. The Morgan fingerprint density at radius 1 is 0.970 bits per heavy atom. The van der Waals surface area contributed by atoms with Crippen LogP contribution >= 0.6 is 0 Å². The number of fused-ring (bicyclic) bond motifs is 1. The number of aromatic nitrogens is 2. The Labute approximate surface area is 196 Å². The third-order valence-corrected chi connectivity index (χ3v) is 5.24. The molecule has 1 aliphatic rings. The van der Waals surface area contributed by atoms with Crippen molar-refractivity contribution in [3.63, 3.8) is 0 Å². The van der Waals surface area contributed by atoms with Crippen molar-refractivity contribution in [2.75, 3.05) is 13.1 Å². The highest BCUT2D eigenvalue weighted by Gasteiger charge is 2.28. The lowest BCUT2D eigenvalue weighted by atomic mass is 10.1. The van der Waals surface area contributed by atoms with E-state index in [0.29, 0.717) is 37.3 Å². The van der Waals surface area contributed by atoms with E-state index in [9.17, 15) is 9.59 Å². The number of amides is 1. The topological polar surface area (TPSA) is 82.9 Å². The van der Waals surface area contributed by atoms with E-state index in [1.165, 1.54) is 4.57 Å². The monoisotopic (exact) mass is 459 g/mol. The summed E-state index contributed by atoms with van der Waals surface area (Å²) in [5, 5.41) is 0. The molecule has 0 aliphatic carbocycles. The summed E-state index contributed by atoms with van der Waals surface area (Å²) in [5.41, 5.74) is 1.30. The van der Waals surface area contributed by atoms with Gasteiger partial charge < -0.3 is 19.1 Å². The van der Waals surface area contributed by atoms with Gasteiger partial charge in [0, 0.05) is 38.2 Å². The number of likely N-dealkylation sites (tertiary alicyclic amines) is 1. The van der Waals surface area contributed by atoms with Gasteiger partial charge >= 0.3 is 12.2 Å². The Morgan fingerprint density at radius 2 is 1.55 bits per heavy atom. The smallest absolute Gasteiger partial charge is 0.419 e. The van der Waals surface area contributed by atoms with E-state index in [2.05, 4.69) is 13.8 Å². The number of carbonyl (C=O) groups is 2. The Bertz CT molecular complexity index is 1010. The van der Waals surface area contributed by atoms with Crippen LogP contribution in [0.2, 0.25) is 0 Å². The van der Waals surface area contributed by atoms with Crippen LogP contribution in [-0.2, 0) is 9.47 Å². The predicted octanol–water partition coefficient (Wildman–Crippen LogP) is 5.72. The second-order valence-electron chi connectivity index (χ2n) is 10.9. The Hall–Kier alpha value is -2.77. The molecular weight excluding hydrogens is 422 g/mol. The van der Waals surface area contributed by atoms with Crippen molar-refractivity contribution in [1.29, 1.82) is 0 Å². The van der Waals surface area contributed by atoms with Crippen LogP contribution < -0.4 is 4.74 Å². The first-order valence-electron chi connectivity index (χ1n) is 11.6. The summed E-state index contributed by atoms with van der Waals surface area (Å²) in [5.74, 6) is 0.693. The summed E-state index contributed by atoms with van der Waals surface area (Å²) < 4.78 is 18.7. The average molecular weight is 460 g/mol. The van der Waals surface area contributed by atoms with Crippen LogP contribution in [-0.4, -0.2) is 57.0 Å². The van der Waals surface area contributed by atoms with Gasteiger partial charge in [-0.15, -0.1) is 0 Å². The van der Waals surface area contributed by atoms with Crippen molar-refractivity contribution in [3.8, 4) is 5.88 Å². The molecule has 8 heteroatoms.